The first-order chi connectivity index (χ1) is 18.4. The molecule has 1 aliphatic rings. The van der Waals surface area contributed by atoms with Gasteiger partial charge in [0.2, 0.25) is 0 Å². The number of ether oxygens (including phenoxy) is 1. The van der Waals surface area contributed by atoms with Crippen molar-refractivity contribution >= 4 is 23.4 Å². The summed E-state index contributed by atoms with van der Waals surface area (Å²) in [6, 6.07) is 15.0. The van der Waals surface area contributed by atoms with Crippen molar-refractivity contribution in [2.24, 2.45) is 10.9 Å². The van der Waals surface area contributed by atoms with Crippen molar-refractivity contribution in [2.75, 3.05) is 26.3 Å². The number of aliphatic imine (C=N–C) groups is 1. The van der Waals surface area contributed by atoms with Gasteiger partial charge in [-0.25, -0.2) is 0 Å². The molecule has 3 N–H and O–H groups in total. The summed E-state index contributed by atoms with van der Waals surface area (Å²) < 4.78 is 5.01. The Morgan fingerprint density at radius 1 is 1.13 bits per heavy atom. The molecule has 0 aromatic heterocycles. The van der Waals surface area contributed by atoms with E-state index < -0.39 is 12.7 Å². The molecule has 2 unspecified atom stereocenters. The van der Waals surface area contributed by atoms with Gasteiger partial charge in [0.25, 0.3) is 5.91 Å². The molecule has 0 fully saturated rings. The number of aliphatic hydroxyl groups is 2. The highest BCUT2D eigenvalue weighted by Crippen LogP contribution is 2.20. The second-order valence-electron chi connectivity index (χ2n) is 9.38. The molecule has 202 valence electrons. The summed E-state index contributed by atoms with van der Waals surface area (Å²) in [5.74, 6) is -0.354. The maximum Gasteiger partial charge on any atom is 0.306 e. The van der Waals surface area contributed by atoms with Gasteiger partial charge in [0.15, 0.2) is 5.78 Å². The third kappa shape index (κ3) is 9.36. The number of ketones is 1. The lowest BCUT2D eigenvalue weighted by atomic mass is 9.90. The number of aryl methyl sites for hydroxylation is 1. The fourth-order valence-corrected chi connectivity index (χ4v) is 4.30. The third-order valence-electron chi connectivity index (χ3n) is 6.33. The van der Waals surface area contributed by atoms with Crippen LogP contribution in [0, 0.1) is 5.92 Å². The summed E-state index contributed by atoms with van der Waals surface area (Å²) in [4.78, 5) is 41.3. The van der Waals surface area contributed by atoms with Crippen LogP contribution in [0.5, 0.6) is 0 Å². The number of hydrogen-bond acceptors (Lipinski definition) is 7. The lowest BCUT2D eigenvalue weighted by Gasteiger charge is -2.15. The van der Waals surface area contributed by atoms with E-state index in [1.165, 1.54) is 0 Å². The lowest BCUT2D eigenvalue weighted by Crippen LogP contribution is -2.33. The highest BCUT2D eigenvalue weighted by atomic mass is 16.5. The fraction of sp³-hybridized carbons (Fsp3) is 0.400. The molecule has 38 heavy (non-hydrogen) atoms. The number of rotatable bonds is 11. The van der Waals surface area contributed by atoms with E-state index in [0.29, 0.717) is 43.7 Å². The quantitative estimate of drug-likeness (QED) is 0.391. The summed E-state index contributed by atoms with van der Waals surface area (Å²) in [7, 11) is 0. The molecule has 0 aliphatic carbocycles. The lowest BCUT2D eigenvalue weighted by molar-refractivity contribution is -0.143. The van der Waals surface area contributed by atoms with Crippen molar-refractivity contribution in [3.63, 3.8) is 0 Å². The molecule has 0 saturated heterocycles. The van der Waals surface area contributed by atoms with Crippen LogP contribution in [-0.4, -0.2) is 66.0 Å². The van der Waals surface area contributed by atoms with E-state index in [9.17, 15) is 19.5 Å². The van der Waals surface area contributed by atoms with Crippen molar-refractivity contribution in [1.29, 1.82) is 0 Å². The minimum Gasteiger partial charge on any atom is -0.466 e. The van der Waals surface area contributed by atoms with Crippen molar-refractivity contribution in [3.05, 3.63) is 82.9 Å². The summed E-state index contributed by atoms with van der Waals surface area (Å²) in [6.45, 7) is 2.29. The zero-order valence-electron chi connectivity index (χ0n) is 21.8. The van der Waals surface area contributed by atoms with E-state index in [-0.39, 0.29) is 30.1 Å². The normalized spacial score (nSPS) is 17.4. The van der Waals surface area contributed by atoms with Crippen LogP contribution in [0.15, 0.2) is 65.7 Å². The average molecular weight is 521 g/mol. The Morgan fingerprint density at radius 3 is 2.63 bits per heavy atom. The van der Waals surface area contributed by atoms with E-state index in [4.69, 9.17) is 14.8 Å². The van der Waals surface area contributed by atoms with Crippen molar-refractivity contribution in [3.8, 4) is 0 Å². The summed E-state index contributed by atoms with van der Waals surface area (Å²) in [5, 5.41) is 20.8. The van der Waals surface area contributed by atoms with Gasteiger partial charge in [0.05, 0.1) is 25.0 Å². The number of benzene rings is 2. The topological polar surface area (TPSA) is 125 Å². The van der Waals surface area contributed by atoms with E-state index in [1.54, 1.807) is 43.3 Å². The monoisotopic (exact) mass is 520 g/mol. The first kappa shape index (κ1) is 28.9. The third-order valence-corrected chi connectivity index (χ3v) is 6.33. The van der Waals surface area contributed by atoms with E-state index in [2.05, 4.69) is 17.4 Å². The largest absolute Gasteiger partial charge is 0.466 e. The van der Waals surface area contributed by atoms with Crippen LogP contribution in [0.4, 0.5) is 0 Å². The molecule has 0 radical (unpaired) electrons. The number of hydrogen-bond donors (Lipinski definition) is 3. The highest BCUT2D eigenvalue weighted by Gasteiger charge is 2.16. The van der Waals surface area contributed by atoms with Crippen LogP contribution in [-0.2, 0) is 27.2 Å². The number of aliphatic hydroxyl groups excluding tert-OH is 2. The number of esters is 1. The molecule has 1 amide bonds. The minimum atomic E-state index is -1.00. The van der Waals surface area contributed by atoms with Gasteiger partial charge in [-0.1, -0.05) is 36.4 Å². The molecule has 1 heterocycles. The smallest absolute Gasteiger partial charge is 0.306 e. The maximum absolute atomic E-state index is 12.7. The number of amides is 1. The van der Waals surface area contributed by atoms with Gasteiger partial charge in [-0.2, -0.15) is 0 Å². The zero-order valence-corrected chi connectivity index (χ0v) is 21.8. The van der Waals surface area contributed by atoms with Crippen LogP contribution in [0.2, 0.25) is 0 Å². The summed E-state index contributed by atoms with van der Waals surface area (Å²) in [6.07, 6.45) is 5.22. The number of nitrogens with one attached hydrogen (secondary N) is 1. The summed E-state index contributed by atoms with van der Waals surface area (Å²) in [5.41, 5.74) is 4.12. The molecule has 0 bridgehead atoms. The first-order valence-electron chi connectivity index (χ1n) is 13.0. The second kappa shape index (κ2) is 15.0. The number of carbonyl (C=O) groups is 3. The van der Waals surface area contributed by atoms with Gasteiger partial charge in [0.1, 0.15) is 0 Å². The Bertz CT molecular complexity index is 1160. The molecule has 2 atom stereocenters. The van der Waals surface area contributed by atoms with Gasteiger partial charge in [-0.3, -0.25) is 19.4 Å². The van der Waals surface area contributed by atoms with E-state index in [1.807, 2.05) is 12.1 Å². The van der Waals surface area contributed by atoms with E-state index >= 15 is 0 Å². The Hall–Kier alpha value is -3.62. The standard InChI is InChI=1S/C30H36N2O6/c1-2-38-29(36)13-6-21-4-3-5-22(16-21)17-23-14-15-31-28(12-11-26(34)18-23)24-7-9-25(10-8-24)30(37)32-19-27(35)20-33/h3-5,7-12,16,23,27,33,35H,2,6,13-15,17-20H2,1H3,(H,32,37)/b12-11-,31-28?. The molecular formula is C30H36N2O6. The van der Waals surface area contributed by atoms with Crippen molar-refractivity contribution in [2.45, 2.75) is 45.1 Å². The van der Waals surface area contributed by atoms with Crippen LogP contribution in [0.25, 0.3) is 0 Å². The molecule has 8 heteroatoms. The number of allylic oxidation sites excluding steroid dienone is 2. The van der Waals surface area contributed by atoms with Gasteiger partial charge in [-0.15, -0.1) is 0 Å². The first-order valence-corrected chi connectivity index (χ1v) is 13.0. The molecule has 1 aliphatic heterocycles. The Labute approximate surface area is 223 Å². The molecule has 3 rings (SSSR count). The Morgan fingerprint density at radius 2 is 1.89 bits per heavy atom. The molecule has 0 saturated carbocycles. The number of nitrogens with zero attached hydrogens (tertiary/aromatic N) is 1. The Balaban J connectivity index is 1.61. The van der Waals surface area contributed by atoms with Crippen molar-refractivity contribution < 1.29 is 29.3 Å². The van der Waals surface area contributed by atoms with Crippen LogP contribution in [0.1, 0.15) is 53.2 Å². The number of carbonyl (C=O) groups excluding carboxylic acids is 3. The van der Waals surface area contributed by atoms with Crippen LogP contribution in [0.3, 0.4) is 0 Å². The predicted octanol–water partition coefficient (Wildman–Crippen LogP) is 2.83. The Kier molecular flexibility index (Phi) is 11.4. The van der Waals surface area contributed by atoms with Crippen LogP contribution >= 0.6 is 0 Å². The average Bonchev–Trinajstić information content (AvgIpc) is 3.01. The highest BCUT2D eigenvalue weighted by molar-refractivity contribution is 6.11. The van der Waals surface area contributed by atoms with E-state index in [0.717, 1.165) is 29.5 Å². The molecule has 2 aromatic carbocycles. The minimum absolute atomic E-state index is 0.0340. The van der Waals surface area contributed by atoms with Gasteiger partial charge in [-0.05, 0) is 73.1 Å². The summed E-state index contributed by atoms with van der Waals surface area (Å²) >= 11 is 0. The SMILES string of the molecule is CCOC(=O)CCc1cccc(CC2CCN=C(c3ccc(C(=O)NCC(O)CO)cc3)/C=C\C(=O)C2)c1. The molecule has 8 nitrogen and oxygen atoms in total. The second-order valence-corrected chi connectivity index (χ2v) is 9.38. The van der Waals surface area contributed by atoms with Gasteiger partial charge >= 0.3 is 5.97 Å². The van der Waals surface area contributed by atoms with Crippen molar-refractivity contribution in [1.82, 2.24) is 5.32 Å². The fourth-order valence-electron chi connectivity index (χ4n) is 4.30. The molecule has 0 spiro atoms. The molecular weight excluding hydrogens is 484 g/mol. The zero-order chi connectivity index (χ0) is 27.3. The van der Waals surface area contributed by atoms with Crippen LogP contribution < -0.4 is 5.32 Å². The van der Waals surface area contributed by atoms with Gasteiger partial charge < -0.3 is 20.3 Å². The predicted molar refractivity (Wildman–Crippen MR) is 145 cm³/mol. The maximum atomic E-state index is 12.7. The van der Waals surface area contributed by atoms with Gasteiger partial charge in [0, 0.05) is 31.5 Å². The molecule has 2 aromatic rings.